The van der Waals surface area contributed by atoms with E-state index in [2.05, 4.69) is 23.3 Å². The molecule has 0 radical (unpaired) electrons. The Bertz CT molecular complexity index is 443. The number of hydrogen-bond acceptors (Lipinski definition) is 7. The van der Waals surface area contributed by atoms with Crippen LogP contribution in [-0.2, 0) is 23.9 Å². The van der Waals surface area contributed by atoms with Crippen molar-refractivity contribution in [3.63, 3.8) is 0 Å². The fraction of sp³-hybridized carbons (Fsp3) is 0.692. The summed E-state index contributed by atoms with van der Waals surface area (Å²) in [5.74, 6) is -2.89. The van der Waals surface area contributed by atoms with Gasteiger partial charge in [0, 0.05) is 12.2 Å². The summed E-state index contributed by atoms with van der Waals surface area (Å²) in [4.78, 5) is 45.4. The number of carbonyl (C=O) groups is 4. The van der Waals surface area contributed by atoms with Crippen molar-refractivity contribution in [3.05, 3.63) is 0 Å². The average Bonchev–Trinajstić information content (AvgIpc) is 2.46. The number of amides is 2. The van der Waals surface area contributed by atoms with Crippen molar-refractivity contribution >= 4 is 36.4 Å². The predicted octanol–water partition coefficient (Wildman–Crippen LogP) is -1.34. The van der Waals surface area contributed by atoms with Crippen molar-refractivity contribution < 1.29 is 29.0 Å². The third kappa shape index (κ3) is 9.74. The number of rotatable bonds is 10. The van der Waals surface area contributed by atoms with Crippen LogP contribution in [0, 0.1) is 0 Å². The van der Waals surface area contributed by atoms with E-state index in [9.17, 15) is 19.2 Å². The molecule has 2 amide bonds. The first kappa shape index (κ1) is 21.2. The highest BCUT2D eigenvalue weighted by molar-refractivity contribution is 7.80. The topological polar surface area (TPSA) is 148 Å². The van der Waals surface area contributed by atoms with Crippen LogP contribution in [0.1, 0.15) is 26.7 Å². The molecule has 0 aliphatic carbocycles. The van der Waals surface area contributed by atoms with Gasteiger partial charge in [-0.15, -0.1) is 0 Å². The number of carbonyl (C=O) groups excluding carboxylic acids is 3. The summed E-state index contributed by atoms with van der Waals surface area (Å²) in [5, 5.41) is 13.3. The molecule has 0 aromatic carbocycles. The summed E-state index contributed by atoms with van der Waals surface area (Å²) in [6.07, 6.45) is -0.485. The van der Waals surface area contributed by atoms with Gasteiger partial charge in [0.25, 0.3) is 0 Å². The largest absolute Gasteiger partial charge is 0.480 e. The molecule has 0 rings (SSSR count). The average molecular weight is 349 g/mol. The zero-order valence-corrected chi connectivity index (χ0v) is 14.0. The Kier molecular flexibility index (Phi) is 9.99. The number of esters is 1. The van der Waals surface area contributed by atoms with E-state index in [1.165, 1.54) is 0 Å². The number of carboxylic acid groups (broad SMARTS) is 1. The van der Waals surface area contributed by atoms with E-state index in [4.69, 9.17) is 15.6 Å². The lowest BCUT2D eigenvalue weighted by atomic mass is 10.1. The van der Waals surface area contributed by atoms with Gasteiger partial charge >= 0.3 is 11.9 Å². The lowest BCUT2D eigenvalue weighted by Crippen LogP contribution is -2.49. The molecule has 0 heterocycles. The minimum atomic E-state index is -1.20. The van der Waals surface area contributed by atoms with Gasteiger partial charge in [0.1, 0.15) is 18.6 Å². The van der Waals surface area contributed by atoms with Crippen LogP contribution >= 0.6 is 12.6 Å². The highest BCUT2D eigenvalue weighted by atomic mass is 32.1. The molecule has 0 aliphatic rings. The van der Waals surface area contributed by atoms with Crippen LogP contribution in [0.3, 0.4) is 0 Å². The number of nitrogens with two attached hydrogens (primary N) is 1. The zero-order valence-electron chi connectivity index (χ0n) is 13.1. The Balaban J connectivity index is 4.26. The SMILES string of the molecule is CC(C)OC(=O)CNC(=O)C(CS)NC(=O)CCC(N)C(=O)O. The molecule has 0 spiro atoms. The molecular weight excluding hydrogens is 326 g/mol. The number of aliphatic carboxylic acids is 1. The molecule has 0 aliphatic heterocycles. The minimum Gasteiger partial charge on any atom is -0.480 e. The van der Waals surface area contributed by atoms with E-state index in [0.29, 0.717) is 0 Å². The van der Waals surface area contributed by atoms with Crippen molar-refractivity contribution in [2.45, 2.75) is 44.9 Å². The molecule has 0 aromatic rings. The number of carboxylic acids is 1. The van der Waals surface area contributed by atoms with E-state index in [1.807, 2.05) is 0 Å². The summed E-state index contributed by atoms with van der Waals surface area (Å²) >= 11 is 3.96. The fourth-order valence-electron chi connectivity index (χ4n) is 1.46. The Hall–Kier alpha value is -1.81. The minimum absolute atomic E-state index is 0.0157. The highest BCUT2D eigenvalue weighted by Gasteiger charge is 2.21. The third-order valence-corrected chi connectivity index (χ3v) is 2.97. The maximum atomic E-state index is 11.8. The van der Waals surface area contributed by atoms with Gasteiger partial charge < -0.3 is 26.2 Å². The van der Waals surface area contributed by atoms with Crippen LogP contribution in [0.4, 0.5) is 0 Å². The molecule has 10 heteroatoms. The van der Waals surface area contributed by atoms with Gasteiger partial charge in [-0.3, -0.25) is 19.2 Å². The van der Waals surface area contributed by atoms with Crippen molar-refractivity contribution in [2.75, 3.05) is 12.3 Å². The van der Waals surface area contributed by atoms with Crippen molar-refractivity contribution in [1.82, 2.24) is 10.6 Å². The molecule has 0 saturated carbocycles. The van der Waals surface area contributed by atoms with Gasteiger partial charge in [-0.25, -0.2) is 0 Å². The van der Waals surface area contributed by atoms with Crippen LogP contribution in [0.25, 0.3) is 0 Å². The monoisotopic (exact) mass is 349 g/mol. The Morgan fingerprint density at radius 1 is 1.26 bits per heavy atom. The van der Waals surface area contributed by atoms with Crippen molar-refractivity contribution in [1.29, 1.82) is 0 Å². The quantitative estimate of drug-likeness (QED) is 0.242. The Morgan fingerprint density at radius 3 is 2.35 bits per heavy atom. The third-order valence-electron chi connectivity index (χ3n) is 2.61. The summed E-state index contributed by atoms with van der Waals surface area (Å²) in [7, 11) is 0. The molecule has 2 atom stereocenters. The highest BCUT2D eigenvalue weighted by Crippen LogP contribution is 1.97. The maximum absolute atomic E-state index is 11.8. The molecular formula is C13H23N3O6S. The second-order valence-electron chi connectivity index (χ2n) is 5.04. The van der Waals surface area contributed by atoms with Gasteiger partial charge in [0.05, 0.1) is 6.10 Å². The smallest absolute Gasteiger partial charge is 0.325 e. The van der Waals surface area contributed by atoms with Crippen molar-refractivity contribution in [3.8, 4) is 0 Å². The lowest BCUT2D eigenvalue weighted by Gasteiger charge is -2.17. The molecule has 0 aromatic heterocycles. The molecule has 23 heavy (non-hydrogen) atoms. The van der Waals surface area contributed by atoms with Crippen LogP contribution in [0.5, 0.6) is 0 Å². The molecule has 9 nitrogen and oxygen atoms in total. The predicted molar refractivity (Wildman–Crippen MR) is 84.9 cm³/mol. The summed E-state index contributed by atoms with van der Waals surface area (Å²) in [6.45, 7) is 3.04. The first-order chi connectivity index (χ1) is 10.7. The van der Waals surface area contributed by atoms with Crippen molar-refractivity contribution in [2.24, 2.45) is 5.73 Å². The van der Waals surface area contributed by atoms with Gasteiger partial charge in [-0.2, -0.15) is 12.6 Å². The summed E-state index contributed by atoms with van der Waals surface area (Å²) in [6, 6.07) is -2.09. The Morgan fingerprint density at radius 2 is 1.87 bits per heavy atom. The van der Waals surface area contributed by atoms with Gasteiger partial charge in [-0.1, -0.05) is 0 Å². The van der Waals surface area contributed by atoms with E-state index in [-0.39, 0.29) is 31.2 Å². The standard InChI is InChI=1S/C13H23N3O6S/c1-7(2)22-11(18)5-15-12(19)9(6-23)16-10(17)4-3-8(14)13(20)21/h7-9,23H,3-6,14H2,1-2H3,(H,15,19)(H,16,17)(H,20,21). The lowest BCUT2D eigenvalue weighted by molar-refractivity contribution is -0.147. The van der Waals surface area contributed by atoms with Crippen LogP contribution in [-0.4, -0.2) is 59.3 Å². The second-order valence-corrected chi connectivity index (χ2v) is 5.41. The number of ether oxygens (including phenoxy) is 1. The normalized spacial score (nSPS) is 13.1. The van der Waals surface area contributed by atoms with Gasteiger partial charge in [-0.05, 0) is 20.3 Å². The molecule has 5 N–H and O–H groups in total. The number of nitrogens with one attached hydrogen (secondary N) is 2. The second kappa shape index (κ2) is 10.8. The van der Waals surface area contributed by atoms with Crippen LogP contribution < -0.4 is 16.4 Å². The van der Waals surface area contributed by atoms with E-state index >= 15 is 0 Å². The van der Waals surface area contributed by atoms with Gasteiger partial charge in [0.15, 0.2) is 0 Å². The summed E-state index contributed by atoms with van der Waals surface area (Å²) < 4.78 is 4.85. The van der Waals surface area contributed by atoms with Gasteiger partial charge in [0.2, 0.25) is 11.8 Å². The first-order valence-corrected chi connectivity index (χ1v) is 7.66. The maximum Gasteiger partial charge on any atom is 0.325 e. The molecule has 132 valence electrons. The van der Waals surface area contributed by atoms with Crippen LogP contribution in [0.2, 0.25) is 0 Å². The van der Waals surface area contributed by atoms with Crippen LogP contribution in [0.15, 0.2) is 0 Å². The Labute approximate surface area is 139 Å². The number of thiol groups is 1. The number of hydrogen-bond donors (Lipinski definition) is 5. The van der Waals surface area contributed by atoms with E-state index in [1.54, 1.807) is 13.8 Å². The molecule has 0 saturated heterocycles. The molecule has 2 unspecified atom stereocenters. The van der Waals surface area contributed by atoms with E-state index in [0.717, 1.165) is 0 Å². The first-order valence-electron chi connectivity index (χ1n) is 7.03. The molecule has 0 bridgehead atoms. The summed E-state index contributed by atoms with van der Waals surface area (Å²) in [5.41, 5.74) is 5.28. The van der Waals surface area contributed by atoms with E-state index < -0.39 is 35.8 Å². The zero-order chi connectivity index (χ0) is 18.0. The molecule has 0 fully saturated rings. The fourth-order valence-corrected chi connectivity index (χ4v) is 1.71.